The van der Waals surface area contributed by atoms with Crippen LogP contribution in [-0.2, 0) is 0 Å². The first-order chi connectivity index (χ1) is 8.99. The van der Waals surface area contributed by atoms with Crippen LogP contribution in [0.4, 0.5) is 25.8 Å². The van der Waals surface area contributed by atoms with E-state index in [1.54, 1.807) is 0 Å². The Hall–Kier alpha value is -2.63. The van der Waals surface area contributed by atoms with Crippen LogP contribution >= 0.6 is 0 Å². The molecule has 2 aromatic carbocycles. The Kier molecular flexibility index (Phi) is 3.33. The molecular formula is C13H10F2N2O2. The maximum absolute atomic E-state index is 13.5. The number of nitrogen functional groups attached to an aromatic ring is 1. The number of aromatic carboxylic acids is 1. The van der Waals surface area contributed by atoms with E-state index in [2.05, 4.69) is 5.32 Å². The molecule has 98 valence electrons. The van der Waals surface area contributed by atoms with Gasteiger partial charge in [0.05, 0.1) is 11.3 Å². The molecule has 0 fully saturated rings. The average molecular weight is 264 g/mol. The van der Waals surface area contributed by atoms with E-state index < -0.39 is 23.3 Å². The summed E-state index contributed by atoms with van der Waals surface area (Å²) in [4.78, 5) is 11.0. The molecule has 0 aliphatic heterocycles. The second-order valence-corrected chi connectivity index (χ2v) is 3.83. The molecule has 0 amide bonds. The van der Waals surface area contributed by atoms with Gasteiger partial charge in [-0.05, 0) is 30.3 Å². The zero-order valence-electron chi connectivity index (χ0n) is 9.65. The molecule has 0 radical (unpaired) electrons. The summed E-state index contributed by atoms with van der Waals surface area (Å²) in [6.45, 7) is 0. The van der Waals surface area contributed by atoms with Crippen LogP contribution in [0, 0.1) is 11.6 Å². The third-order valence-electron chi connectivity index (χ3n) is 2.50. The molecule has 0 saturated carbocycles. The van der Waals surface area contributed by atoms with Gasteiger partial charge in [-0.1, -0.05) is 6.07 Å². The quantitative estimate of drug-likeness (QED) is 0.745. The number of halogens is 2. The molecule has 0 aliphatic carbocycles. The van der Waals surface area contributed by atoms with Crippen molar-refractivity contribution in [1.82, 2.24) is 0 Å². The Bertz CT molecular complexity index is 624. The number of hydrogen-bond donors (Lipinski definition) is 3. The van der Waals surface area contributed by atoms with Crippen molar-refractivity contribution in [3.63, 3.8) is 0 Å². The zero-order valence-corrected chi connectivity index (χ0v) is 9.65. The number of hydrogen-bond acceptors (Lipinski definition) is 3. The largest absolute Gasteiger partial charge is 0.478 e. The third kappa shape index (κ3) is 2.62. The van der Waals surface area contributed by atoms with Crippen molar-refractivity contribution in [3.8, 4) is 0 Å². The second-order valence-electron chi connectivity index (χ2n) is 3.83. The first-order valence-corrected chi connectivity index (χ1v) is 5.33. The lowest BCUT2D eigenvalue weighted by Gasteiger charge is -2.11. The number of rotatable bonds is 3. The van der Waals surface area contributed by atoms with Gasteiger partial charge in [0.25, 0.3) is 0 Å². The summed E-state index contributed by atoms with van der Waals surface area (Å²) in [6.07, 6.45) is 0. The van der Waals surface area contributed by atoms with Crippen LogP contribution in [-0.4, -0.2) is 11.1 Å². The number of nitrogens with two attached hydrogens (primary N) is 1. The second kappa shape index (κ2) is 4.93. The van der Waals surface area contributed by atoms with E-state index >= 15 is 0 Å². The normalized spacial score (nSPS) is 10.2. The van der Waals surface area contributed by atoms with E-state index in [4.69, 9.17) is 10.8 Å². The Morgan fingerprint density at radius 1 is 1.16 bits per heavy atom. The monoisotopic (exact) mass is 264 g/mol. The van der Waals surface area contributed by atoms with E-state index in [-0.39, 0.29) is 16.9 Å². The molecule has 0 spiro atoms. The summed E-state index contributed by atoms with van der Waals surface area (Å²) in [5, 5.41) is 11.4. The molecule has 0 unspecified atom stereocenters. The number of carbonyl (C=O) groups is 1. The maximum Gasteiger partial charge on any atom is 0.337 e. The summed E-state index contributed by atoms with van der Waals surface area (Å²) in [6, 6.07) is 7.31. The fourth-order valence-electron chi connectivity index (χ4n) is 1.60. The minimum Gasteiger partial charge on any atom is -0.478 e. The molecule has 2 aromatic rings. The first kappa shape index (κ1) is 12.8. The molecule has 19 heavy (non-hydrogen) atoms. The van der Waals surface area contributed by atoms with Gasteiger partial charge in [-0.15, -0.1) is 0 Å². The Morgan fingerprint density at radius 2 is 1.79 bits per heavy atom. The van der Waals surface area contributed by atoms with Gasteiger partial charge >= 0.3 is 5.97 Å². The highest BCUT2D eigenvalue weighted by Gasteiger charge is 2.14. The summed E-state index contributed by atoms with van der Waals surface area (Å²) in [5.41, 5.74) is 5.29. The molecule has 0 aromatic heterocycles. The van der Waals surface area contributed by atoms with E-state index in [9.17, 15) is 13.6 Å². The van der Waals surface area contributed by atoms with Crippen LogP contribution in [0.5, 0.6) is 0 Å². The number of nitrogens with one attached hydrogen (secondary N) is 1. The van der Waals surface area contributed by atoms with Crippen LogP contribution < -0.4 is 11.1 Å². The molecule has 0 saturated heterocycles. The minimum atomic E-state index is -1.22. The number of carboxylic acids is 1. The SMILES string of the molecule is Nc1ccc(C(=O)O)c(Nc2c(F)cccc2F)c1. The summed E-state index contributed by atoms with van der Waals surface area (Å²) >= 11 is 0. The average Bonchev–Trinajstić information content (AvgIpc) is 2.33. The van der Waals surface area contributed by atoms with Gasteiger partial charge in [0.15, 0.2) is 0 Å². The van der Waals surface area contributed by atoms with E-state index in [1.807, 2.05) is 0 Å². The van der Waals surface area contributed by atoms with E-state index in [0.29, 0.717) is 0 Å². The minimum absolute atomic E-state index is 0.0245. The van der Waals surface area contributed by atoms with Gasteiger partial charge in [0.2, 0.25) is 0 Å². The van der Waals surface area contributed by atoms with E-state index in [0.717, 1.165) is 12.1 Å². The van der Waals surface area contributed by atoms with Crippen molar-refractivity contribution in [2.24, 2.45) is 0 Å². The summed E-state index contributed by atoms with van der Waals surface area (Å²) < 4.78 is 27.0. The van der Waals surface area contributed by atoms with Gasteiger partial charge in [-0.3, -0.25) is 0 Å². The van der Waals surface area contributed by atoms with Crippen molar-refractivity contribution in [2.75, 3.05) is 11.1 Å². The summed E-state index contributed by atoms with van der Waals surface area (Å²) in [5.74, 6) is -2.86. The first-order valence-electron chi connectivity index (χ1n) is 5.33. The highest BCUT2D eigenvalue weighted by Crippen LogP contribution is 2.27. The lowest BCUT2D eigenvalue weighted by molar-refractivity contribution is 0.0698. The van der Waals surface area contributed by atoms with Gasteiger partial charge in [0, 0.05) is 5.69 Å². The lowest BCUT2D eigenvalue weighted by atomic mass is 10.1. The number of para-hydroxylation sites is 1. The van der Waals surface area contributed by atoms with Crippen LogP contribution in [0.25, 0.3) is 0 Å². The van der Waals surface area contributed by atoms with Gasteiger partial charge in [0.1, 0.15) is 17.3 Å². The van der Waals surface area contributed by atoms with Crippen LogP contribution in [0.3, 0.4) is 0 Å². The maximum atomic E-state index is 13.5. The predicted molar refractivity (Wildman–Crippen MR) is 67.5 cm³/mol. The molecule has 4 nitrogen and oxygen atoms in total. The van der Waals surface area contributed by atoms with Crippen molar-refractivity contribution in [3.05, 3.63) is 53.6 Å². The van der Waals surface area contributed by atoms with Gasteiger partial charge in [-0.25, -0.2) is 13.6 Å². The summed E-state index contributed by atoms with van der Waals surface area (Å²) in [7, 11) is 0. The fraction of sp³-hybridized carbons (Fsp3) is 0. The Labute approximate surface area is 107 Å². The zero-order chi connectivity index (χ0) is 14.0. The van der Waals surface area contributed by atoms with Crippen LogP contribution in [0.2, 0.25) is 0 Å². The van der Waals surface area contributed by atoms with E-state index in [1.165, 1.54) is 24.3 Å². The standard InChI is InChI=1S/C13H10F2N2O2/c14-9-2-1-3-10(15)12(9)17-11-6-7(16)4-5-8(11)13(18)19/h1-6,17H,16H2,(H,18,19). The number of anilines is 3. The van der Waals surface area contributed by atoms with Gasteiger partial charge in [-0.2, -0.15) is 0 Å². The predicted octanol–water partition coefficient (Wildman–Crippen LogP) is 2.99. The Morgan fingerprint density at radius 3 is 2.37 bits per heavy atom. The van der Waals surface area contributed by atoms with Crippen molar-refractivity contribution in [2.45, 2.75) is 0 Å². The molecule has 0 aliphatic rings. The van der Waals surface area contributed by atoms with Crippen molar-refractivity contribution in [1.29, 1.82) is 0 Å². The molecule has 0 heterocycles. The molecular weight excluding hydrogens is 254 g/mol. The number of carboxylic acid groups (broad SMARTS) is 1. The molecule has 4 N–H and O–H groups in total. The Balaban J connectivity index is 2.49. The number of benzene rings is 2. The third-order valence-corrected chi connectivity index (χ3v) is 2.50. The van der Waals surface area contributed by atoms with Crippen molar-refractivity contribution < 1.29 is 18.7 Å². The lowest BCUT2D eigenvalue weighted by Crippen LogP contribution is -2.05. The molecule has 0 atom stereocenters. The molecule has 6 heteroatoms. The van der Waals surface area contributed by atoms with Gasteiger partial charge < -0.3 is 16.2 Å². The highest BCUT2D eigenvalue weighted by atomic mass is 19.1. The fourth-order valence-corrected chi connectivity index (χ4v) is 1.60. The molecule has 0 bridgehead atoms. The highest BCUT2D eigenvalue weighted by molar-refractivity contribution is 5.96. The van der Waals surface area contributed by atoms with Crippen molar-refractivity contribution >= 4 is 23.0 Å². The molecule has 2 rings (SSSR count). The van der Waals surface area contributed by atoms with Crippen LogP contribution in [0.15, 0.2) is 36.4 Å². The smallest absolute Gasteiger partial charge is 0.337 e. The van der Waals surface area contributed by atoms with Crippen LogP contribution in [0.1, 0.15) is 10.4 Å². The topological polar surface area (TPSA) is 75.4 Å².